The quantitative estimate of drug-likeness (QED) is 0.453. The predicted molar refractivity (Wildman–Crippen MR) is 135 cm³/mol. The van der Waals surface area contributed by atoms with Crippen LogP contribution in [-0.2, 0) is 10.0 Å². The van der Waals surface area contributed by atoms with Gasteiger partial charge in [-0.2, -0.15) is 0 Å². The Morgan fingerprint density at radius 1 is 1.06 bits per heavy atom. The van der Waals surface area contributed by atoms with Crippen molar-refractivity contribution >= 4 is 52.9 Å². The van der Waals surface area contributed by atoms with E-state index in [4.69, 9.17) is 27.9 Å². The molecule has 0 radical (unpaired) electrons. The normalized spacial score (nSPS) is 24.4. The summed E-state index contributed by atoms with van der Waals surface area (Å²) in [4.78, 5) is 4.61. The molecule has 9 heteroatoms. The first-order chi connectivity index (χ1) is 15.2. The van der Waals surface area contributed by atoms with Crippen molar-refractivity contribution < 1.29 is 13.2 Å². The average molecular weight is 513 g/mol. The molecular formula is C23H27Cl2N2O3PS. The molecule has 0 aromatic heterocycles. The minimum atomic E-state index is -3.95. The van der Waals surface area contributed by atoms with Crippen LogP contribution in [0.5, 0.6) is 5.75 Å². The summed E-state index contributed by atoms with van der Waals surface area (Å²) in [5, 5.41) is 0.518. The van der Waals surface area contributed by atoms with E-state index in [9.17, 15) is 8.42 Å². The molecule has 1 saturated carbocycles. The average Bonchev–Trinajstić information content (AvgIpc) is 3.22. The van der Waals surface area contributed by atoms with Gasteiger partial charge < -0.3 is 4.74 Å². The van der Waals surface area contributed by atoms with E-state index in [1.807, 2.05) is 18.2 Å². The summed E-state index contributed by atoms with van der Waals surface area (Å²) < 4.78 is 35.8. The van der Waals surface area contributed by atoms with Crippen LogP contribution in [0.25, 0.3) is 0 Å². The Kier molecular flexibility index (Phi) is 7.36. The lowest BCUT2D eigenvalue weighted by Gasteiger charge is -2.32. The van der Waals surface area contributed by atoms with Crippen LogP contribution < -0.4 is 9.46 Å². The van der Waals surface area contributed by atoms with Gasteiger partial charge in [0.1, 0.15) is 11.4 Å². The first kappa shape index (κ1) is 23.8. The van der Waals surface area contributed by atoms with Gasteiger partial charge in [0.2, 0.25) is 0 Å². The third kappa shape index (κ3) is 5.59. The van der Waals surface area contributed by atoms with Crippen molar-refractivity contribution in [2.45, 2.75) is 44.1 Å². The van der Waals surface area contributed by atoms with E-state index in [0.29, 0.717) is 31.9 Å². The summed E-state index contributed by atoms with van der Waals surface area (Å²) in [6, 6.07) is 9.91. The molecule has 1 aliphatic heterocycles. The first-order valence-corrected chi connectivity index (χ1v) is 14.2. The number of aliphatic imine (C=N–C) groups is 1. The lowest BCUT2D eigenvalue weighted by Crippen LogP contribution is -2.29. The second kappa shape index (κ2) is 9.89. The molecule has 3 unspecified atom stereocenters. The van der Waals surface area contributed by atoms with Gasteiger partial charge in [-0.05, 0) is 61.5 Å². The van der Waals surface area contributed by atoms with Gasteiger partial charge in [0.15, 0.2) is 0 Å². The molecule has 1 fully saturated rings. The fourth-order valence-electron chi connectivity index (χ4n) is 4.54. The molecule has 172 valence electrons. The molecule has 32 heavy (non-hydrogen) atoms. The van der Waals surface area contributed by atoms with Crippen LogP contribution in [0.1, 0.15) is 38.7 Å². The molecule has 5 nitrogen and oxygen atoms in total. The van der Waals surface area contributed by atoms with Gasteiger partial charge in [-0.25, -0.2) is 8.42 Å². The number of anilines is 1. The molecule has 0 bridgehead atoms. The van der Waals surface area contributed by atoms with Gasteiger partial charge in [-0.15, -0.1) is 0 Å². The van der Waals surface area contributed by atoms with Crippen molar-refractivity contribution in [1.29, 1.82) is 0 Å². The molecule has 0 spiro atoms. The number of hydrogen-bond acceptors (Lipinski definition) is 4. The number of para-hydroxylation sites is 1. The molecule has 1 N–H and O–H groups in total. The number of benzene rings is 2. The van der Waals surface area contributed by atoms with Gasteiger partial charge in [-0.3, -0.25) is 9.71 Å². The minimum Gasteiger partial charge on any atom is -0.488 e. The zero-order chi connectivity index (χ0) is 22.9. The van der Waals surface area contributed by atoms with Crippen LogP contribution in [0.15, 0.2) is 46.3 Å². The maximum Gasteiger partial charge on any atom is 0.262 e. The number of rotatable bonds is 6. The predicted octanol–water partition coefficient (Wildman–Crippen LogP) is 6.44. The molecule has 1 aliphatic carbocycles. The maximum absolute atomic E-state index is 13.3. The summed E-state index contributed by atoms with van der Waals surface area (Å²) in [7, 11) is -3.41. The van der Waals surface area contributed by atoms with Crippen LogP contribution >= 0.6 is 31.8 Å². The van der Waals surface area contributed by atoms with E-state index in [1.54, 1.807) is 0 Å². The Bertz CT molecular complexity index is 1110. The van der Waals surface area contributed by atoms with Crippen molar-refractivity contribution in [1.82, 2.24) is 0 Å². The third-order valence-electron chi connectivity index (χ3n) is 5.77. The molecule has 4 rings (SSSR count). The third-order valence-corrected chi connectivity index (χ3v) is 8.77. The summed E-state index contributed by atoms with van der Waals surface area (Å²) in [5.74, 6) is 1.67. The second-order valence-electron chi connectivity index (χ2n) is 8.70. The number of hydrogen-bond donors (Lipinski definition) is 1. The molecule has 0 amide bonds. The number of nitrogens with zero attached hydrogens (tertiary/aromatic N) is 1. The van der Waals surface area contributed by atoms with Crippen LogP contribution in [0.2, 0.25) is 10.0 Å². The van der Waals surface area contributed by atoms with E-state index in [2.05, 4.69) is 23.6 Å². The largest absolute Gasteiger partial charge is 0.488 e. The van der Waals surface area contributed by atoms with Crippen LogP contribution in [0, 0.1) is 11.8 Å². The van der Waals surface area contributed by atoms with Crippen LogP contribution in [0.4, 0.5) is 5.69 Å². The van der Waals surface area contributed by atoms with Gasteiger partial charge in [0, 0.05) is 22.2 Å². The van der Waals surface area contributed by atoms with Gasteiger partial charge in [-0.1, -0.05) is 57.8 Å². The number of nitrogens with one attached hydrogen (secondary N) is 1. The second-order valence-corrected chi connectivity index (χ2v) is 12.6. The lowest BCUT2D eigenvalue weighted by atomic mass is 9.82. The SMILES string of the molecule is CC1CC(C)CC(Oc2cccc(C3=NCCP3)c2NS(=O)(=O)c2cc(Cl)cc(Cl)c2)C1. The van der Waals surface area contributed by atoms with E-state index in [1.165, 1.54) is 24.6 Å². The zero-order valence-corrected chi connectivity index (χ0v) is 21.4. The fourth-order valence-corrected chi connectivity index (χ4v) is 7.44. The van der Waals surface area contributed by atoms with Crippen molar-refractivity contribution in [2.75, 3.05) is 17.4 Å². The van der Waals surface area contributed by atoms with Crippen LogP contribution in [0.3, 0.4) is 0 Å². The minimum absolute atomic E-state index is 0.00599. The smallest absolute Gasteiger partial charge is 0.262 e. The van der Waals surface area contributed by atoms with E-state index >= 15 is 0 Å². The number of ether oxygens (including phenoxy) is 1. The maximum atomic E-state index is 13.3. The van der Waals surface area contributed by atoms with Gasteiger partial charge in [0.05, 0.1) is 16.5 Å². The lowest BCUT2D eigenvalue weighted by molar-refractivity contribution is 0.102. The van der Waals surface area contributed by atoms with Crippen molar-refractivity contribution in [3.8, 4) is 5.75 Å². The Balaban J connectivity index is 1.73. The van der Waals surface area contributed by atoms with E-state index in [-0.39, 0.29) is 21.0 Å². The Morgan fingerprint density at radius 2 is 1.75 bits per heavy atom. The van der Waals surface area contributed by atoms with Crippen molar-refractivity contribution in [2.24, 2.45) is 16.8 Å². The van der Waals surface area contributed by atoms with E-state index in [0.717, 1.165) is 36.6 Å². The highest BCUT2D eigenvalue weighted by atomic mass is 35.5. The van der Waals surface area contributed by atoms with E-state index < -0.39 is 10.0 Å². The topological polar surface area (TPSA) is 67.8 Å². The molecule has 1 heterocycles. The highest BCUT2D eigenvalue weighted by molar-refractivity contribution is 7.92. The van der Waals surface area contributed by atoms with Gasteiger partial charge in [0.25, 0.3) is 10.0 Å². The molecule has 2 aromatic carbocycles. The van der Waals surface area contributed by atoms with Gasteiger partial charge >= 0.3 is 0 Å². The van der Waals surface area contributed by atoms with Crippen molar-refractivity contribution in [3.63, 3.8) is 0 Å². The highest BCUT2D eigenvalue weighted by Gasteiger charge is 2.28. The fraction of sp³-hybridized carbons (Fsp3) is 0.435. The Morgan fingerprint density at radius 3 is 2.38 bits per heavy atom. The molecule has 2 aromatic rings. The summed E-state index contributed by atoms with van der Waals surface area (Å²) in [5.41, 5.74) is 2.12. The zero-order valence-electron chi connectivity index (χ0n) is 18.1. The molecule has 2 aliphatic rings. The number of sulfonamides is 1. The summed E-state index contributed by atoms with van der Waals surface area (Å²) in [6.45, 7) is 5.24. The van der Waals surface area contributed by atoms with Crippen molar-refractivity contribution in [3.05, 3.63) is 52.0 Å². The van der Waals surface area contributed by atoms with Crippen LogP contribution in [-0.4, -0.2) is 32.7 Å². The summed E-state index contributed by atoms with van der Waals surface area (Å²) in [6.07, 6.45) is 4.11. The summed E-state index contributed by atoms with van der Waals surface area (Å²) >= 11 is 12.1. The highest BCUT2D eigenvalue weighted by Crippen LogP contribution is 2.39. The first-order valence-electron chi connectivity index (χ1n) is 10.8. The Labute approximate surface area is 201 Å². The molecule has 3 atom stereocenters. The Hall–Kier alpha value is -1.33. The molecular weight excluding hydrogens is 486 g/mol. The standard InChI is InChI=1S/C23H27Cl2N2O3PS/c1-14-8-15(2)10-18(9-14)30-21-5-3-4-20(23-26-6-7-31-23)22(21)27-32(28,29)19-12-16(24)11-17(25)13-19/h3-5,11-15,18,27,31H,6-10H2,1-2H3. The monoisotopic (exact) mass is 512 g/mol. The molecule has 0 saturated heterocycles. The number of halogens is 2.